The van der Waals surface area contributed by atoms with Crippen LogP contribution in [0.15, 0.2) is 11.6 Å². The van der Waals surface area contributed by atoms with Gasteiger partial charge in [-0.25, -0.2) is 5.21 Å². The van der Waals surface area contributed by atoms with Gasteiger partial charge in [-0.05, 0) is 52.2 Å². The maximum Gasteiger partial charge on any atom is 0.311 e. The van der Waals surface area contributed by atoms with Gasteiger partial charge in [0, 0.05) is 23.6 Å². The second-order valence-electron chi connectivity index (χ2n) is 13.4. The molecule has 0 radical (unpaired) electrons. The minimum absolute atomic E-state index is 0.109. The van der Waals surface area contributed by atoms with E-state index in [9.17, 15) is 20.2 Å². The number of likely N-dealkylation sites (N-methyl/N-ethyl adjacent to an activating group) is 1. The molecule has 10 nitrogen and oxygen atoms in total. The molecule has 0 saturated carbocycles. The summed E-state index contributed by atoms with van der Waals surface area (Å²) in [5.41, 5.74) is -1.02. The van der Waals surface area contributed by atoms with Gasteiger partial charge in [-0.15, -0.1) is 0 Å². The normalized spacial score (nSPS) is 50.1. The fourth-order valence-electron chi connectivity index (χ4n) is 7.43. The Kier molecular flexibility index (Phi) is 8.99. The van der Waals surface area contributed by atoms with Crippen LogP contribution in [0.4, 0.5) is 0 Å². The standard InChI is InChI=1S/C29H49BrNO9/c1-10-21-27(6)13-19(14-30)29(39-27)15(2)12-28(7,40-29)24(17(4)22(32)18(5)25(34)37-21)38-26-23(33)20(31(8,9)35)11-16(3)36-26/h13,15-18,20-24,26,32-33,35H,10-12,14H2,1-9H3/q+1/t15-,16?,17?,18?,20?,21?,22?,23-,24-,26?,27?,28+,29?/m1/s1. The second-order valence-corrected chi connectivity index (χ2v) is 14.0. The molecule has 3 N–H and O–H groups in total. The number of halogens is 1. The number of hydrogen-bond donors (Lipinski definition) is 3. The Balaban J connectivity index is 1.79. The van der Waals surface area contributed by atoms with Crippen molar-refractivity contribution in [3.05, 3.63) is 11.6 Å². The minimum Gasteiger partial charge on any atom is -0.459 e. The lowest BCUT2D eigenvalue weighted by Crippen LogP contribution is -2.63. The smallest absolute Gasteiger partial charge is 0.311 e. The van der Waals surface area contributed by atoms with Gasteiger partial charge in [0.25, 0.3) is 0 Å². The van der Waals surface area contributed by atoms with Crippen molar-refractivity contribution in [3.8, 4) is 0 Å². The molecule has 0 aliphatic carbocycles. The van der Waals surface area contributed by atoms with E-state index in [1.54, 1.807) is 21.0 Å². The van der Waals surface area contributed by atoms with Gasteiger partial charge in [-0.2, -0.15) is 4.65 Å². The molecule has 3 bridgehead atoms. The van der Waals surface area contributed by atoms with Gasteiger partial charge in [0.05, 0.1) is 43.9 Å². The van der Waals surface area contributed by atoms with E-state index in [0.29, 0.717) is 24.6 Å². The van der Waals surface area contributed by atoms with Crippen LogP contribution in [-0.4, -0.2) is 105 Å². The minimum atomic E-state index is -1.14. The molecule has 0 amide bonds. The van der Waals surface area contributed by atoms with Crippen LogP contribution in [0.3, 0.4) is 0 Å². The zero-order valence-electron chi connectivity index (χ0n) is 25.3. The molecule has 4 aliphatic heterocycles. The number of cyclic esters (lactones) is 1. The highest BCUT2D eigenvalue weighted by Crippen LogP contribution is 2.56. The summed E-state index contributed by atoms with van der Waals surface area (Å²) < 4.78 is 32.0. The summed E-state index contributed by atoms with van der Waals surface area (Å²) in [6, 6.07) is -0.551. The van der Waals surface area contributed by atoms with Gasteiger partial charge in [-0.1, -0.05) is 36.7 Å². The molecule has 13 atom stereocenters. The van der Waals surface area contributed by atoms with Crippen LogP contribution in [0.5, 0.6) is 0 Å². The van der Waals surface area contributed by atoms with Gasteiger partial charge in [0.2, 0.25) is 0 Å². The molecule has 40 heavy (non-hydrogen) atoms. The van der Waals surface area contributed by atoms with Crippen LogP contribution >= 0.6 is 15.9 Å². The van der Waals surface area contributed by atoms with Crippen molar-refractivity contribution in [1.29, 1.82) is 0 Å². The van der Waals surface area contributed by atoms with E-state index in [4.69, 9.17) is 23.7 Å². The molecule has 3 saturated heterocycles. The fraction of sp³-hybridized carbons (Fsp3) is 0.897. The molecule has 1 spiro atoms. The van der Waals surface area contributed by atoms with Gasteiger partial charge in [-0.3, -0.25) is 4.79 Å². The highest BCUT2D eigenvalue weighted by molar-refractivity contribution is 9.09. The van der Waals surface area contributed by atoms with Gasteiger partial charge < -0.3 is 33.9 Å². The first-order valence-corrected chi connectivity index (χ1v) is 15.7. The van der Waals surface area contributed by atoms with E-state index >= 15 is 0 Å². The van der Waals surface area contributed by atoms with Crippen molar-refractivity contribution < 1.29 is 48.5 Å². The Hall–Kier alpha value is -0.630. The van der Waals surface area contributed by atoms with Crippen LogP contribution in [0.25, 0.3) is 0 Å². The van der Waals surface area contributed by atoms with E-state index in [1.165, 1.54) is 0 Å². The van der Waals surface area contributed by atoms with Crippen LogP contribution in [0.2, 0.25) is 0 Å². The zero-order valence-corrected chi connectivity index (χ0v) is 26.9. The van der Waals surface area contributed by atoms with Gasteiger partial charge in [0.1, 0.15) is 11.7 Å². The first kappa shape index (κ1) is 32.3. The maximum atomic E-state index is 13.4. The Labute approximate surface area is 246 Å². The number of fused-ring (bicyclic) bond motifs is 2. The van der Waals surface area contributed by atoms with E-state index in [1.807, 2.05) is 40.7 Å². The number of hydrogen-bond acceptors (Lipinski definition) is 9. The lowest BCUT2D eigenvalue weighted by Gasteiger charge is -2.47. The first-order valence-electron chi connectivity index (χ1n) is 14.5. The zero-order chi connectivity index (χ0) is 30.0. The summed E-state index contributed by atoms with van der Waals surface area (Å²) in [7, 11) is 3.22. The van der Waals surface area contributed by atoms with Crippen molar-refractivity contribution in [2.45, 2.75) is 128 Å². The lowest BCUT2D eigenvalue weighted by atomic mass is 9.78. The number of hydroxylamine groups is 3. The van der Waals surface area contributed by atoms with Crippen molar-refractivity contribution in [2.24, 2.45) is 17.8 Å². The SMILES string of the molecule is CCC1OC(=O)C(C)C(O)C(C)[C@@H](OC2OC(C)CC([N+](C)(C)O)[C@H]2O)[C@]2(C)C[C@@H](C)C3(OC1(C)C=C3CBr)O2. The lowest BCUT2D eigenvalue weighted by molar-refractivity contribution is -1.09. The quantitative estimate of drug-likeness (QED) is 0.137. The molecular formula is C29H49BrNO9+. The highest BCUT2D eigenvalue weighted by atomic mass is 79.9. The topological polar surface area (TPSA) is 124 Å². The predicted molar refractivity (Wildman–Crippen MR) is 149 cm³/mol. The Bertz CT molecular complexity index is 989. The third-order valence-corrected chi connectivity index (χ3v) is 10.2. The predicted octanol–water partition coefficient (Wildman–Crippen LogP) is 3.29. The van der Waals surface area contributed by atoms with Crippen molar-refractivity contribution in [2.75, 3.05) is 19.4 Å². The van der Waals surface area contributed by atoms with Crippen LogP contribution < -0.4 is 0 Å². The summed E-state index contributed by atoms with van der Waals surface area (Å²) in [5.74, 6) is -3.21. The van der Waals surface area contributed by atoms with Gasteiger partial charge >= 0.3 is 5.97 Å². The molecular weight excluding hydrogens is 586 g/mol. The van der Waals surface area contributed by atoms with E-state index in [0.717, 1.165) is 5.57 Å². The van der Waals surface area contributed by atoms with Gasteiger partial charge in [0.15, 0.2) is 24.2 Å². The first-order chi connectivity index (χ1) is 18.4. The summed E-state index contributed by atoms with van der Waals surface area (Å²) in [4.78, 5) is 13.4. The Morgan fingerprint density at radius 2 is 1.77 bits per heavy atom. The number of carbonyl (C=O) groups is 1. The fourth-order valence-corrected chi connectivity index (χ4v) is 7.99. The maximum absolute atomic E-state index is 13.4. The van der Waals surface area contributed by atoms with Crippen LogP contribution in [0, 0.1) is 17.8 Å². The second kappa shape index (κ2) is 11.1. The number of aliphatic hydroxyl groups excluding tert-OH is 2. The molecule has 4 aliphatic rings. The van der Waals surface area contributed by atoms with E-state index < -0.39 is 76.2 Å². The summed E-state index contributed by atoms with van der Waals surface area (Å²) in [5, 5.41) is 34.1. The molecule has 4 heterocycles. The Morgan fingerprint density at radius 1 is 1.12 bits per heavy atom. The Morgan fingerprint density at radius 3 is 2.35 bits per heavy atom. The van der Waals surface area contributed by atoms with Crippen LogP contribution in [0.1, 0.15) is 67.7 Å². The van der Waals surface area contributed by atoms with Crippen molar-refractivity contribution in [3.63, 3.8) is 0 Å². The third kappa shape index (κ3) is 5.43. The number of aliphatic hydroxyl groups is 2. The average Bonchev–Trinajstić information content (AvgIpc) is 3.31. The number of carbonyl (C=O) groups excluding carboxylic acids is 1. The molecule has 0 aromatic rings. The van der Waals surface area contributed by atoms with Crippen molar-refractivity contribution >= 4 is 21.9 Å². The van der Waals surface area contributed by atoms with E-state index in [2.05, 4.69) is 22.9 Å². The summed E-state index contributed by atoms with van der Waals surface area (Å²) in [6.45, 7) is 13.2. The number of quaternary nitrogens is 1. The third-order valence-electron chi connectivity index (χ3n) is 9.64. The molecule has 11 heteroatoms. The van der Waals surface area contributed by atoms with Crippen molar-refractivity contribution in [1.82, 2.24) is 0 Å². The number of nitrogens with zero attached hydrogens (tertiary/aromatic N) is 1. The number of rotatable bonds is 5. The summed E-state index contributed by atoms with van der Waals surface area (Å²) >= 11 is 3.63. The van der Waals surface area contributed by atoms with E-state index in [-0.39, 0.29) is 12.0 Å². The van der Waals surface area contributed by atoms with Crippen LogP contribution in [-0.2, 0) is 28.5 Å². The molecule has 3 fully saturated rings. The number of ether oxygens (including phenoxy) is 5. The highest BCUT2D eigenvalue weighted by Gasteiger charge is 2.65. The number of esters is 1. The number of alkyl halides is 1. The monoisotopic (exact) mass is 634 g/mol. The molecule has 0 aromatic carbocycles. The molecule has 230 valence electrons. The molecule has 4 rings (SSSR count). The largest absolute Gasteiger partial charge is 0.459 e. The molecule has 9 unspecified atom stereocenters. The average molecular weight is 636 g/mol. The molecule has 0 aromatic heterocycles. The summed E-state index contributed by atoms with van der Waals surface area (Å²) in [6.07, 6.45) is -1.55.